The predicted octanol–water partition coefficient (Wildman–Crippen LogP) is 4.75. The van der Waals surface area contributed by atoms with Crippen LogP contribution in [0.15, 0.2) is 42.5 Å². The molecule has 0 aromatic heterocycles. The van der Waals surface area contributed by atoms with Crippen molar-refractivity contribution in [1.29, 1.82) is 0 Å². The van der Waals surface area contributed by atoms with Gasteiger partial charge in [-0.15, -0.1) is 0 Å². The van der Waals surface area contributed by atoms with Gasteiger partial charge in [0.2, 0.25) is 0 Å². The van der Waals surface area contributed by atoms with Crippen LogP contribution in [0.5, 0.6) is 11.5 Å². The number of halogens is 1. The molecule has 0 N–H and O–H groups in total. The van der Waals surface area contributed by atoms with Gasteiger partial charge in [-0.25, -0.2) is 9.18 Å². The van der Waals surface area contributed by atoms with E-state index in [0.717, 1.165) is 18.9 Å². The van der Waals surface area contributed by atoms with Gasteiger partial charge in [-0.2, -0.15) is 0 Å². The van der Waals surface area contributed by atoms with Crippen LogP contribution in [0.4, 0.5) is 4.39 Å². The van der Waals surface area contributed by atoms with Crippen LogP contribution < -0.4 is 4.74 Å². The molecule has 2 rings (SSSR count). The first-order chi connectivity index (χ1) is 10.6. The Morgan fingerprint density at radius 3 is 2.41 bits per heavy atom. The summed E-state index contributed by atoms with van der Waals surface area (Å²) < 4.78 is 24.3. The minimum Gasteiger partial charge on any atom is -0.462 e. The Morgan fingerprint density at radius 1 is 1.09 bits per heavy atom. The maximum absolute atomic E-state index is 14.0. The number of carbonyl (C=O) groups is 1. The van der Waals surface area contributed by atoms with E-state index in [9.17, 15) is 9.18 Å². The zero-order chi connectivity index (χ0) is 15.9. The summed E-state index contributed by atoms with van der Waals surface area (Å²) >= 11 is 0. The van der Waals surface area contributed by atoms with E-state index in [1.807, 2.05) is 24.3 Å². The zero-order valence-electron chi connectivity index (χ0n) is 12.8. The summed E-state index contributed by atoms with van der Waals surface area (Å²) in [5, 5.41) is 0. The Hall–Kier alpha value is -2.36. The molecule has 0 aliphatic heterocycles. The second-order valence-corrected chi connectivity index (χ2v) is 4.86. The van der Waals surface area contributed by atoms with Gasteiger partial charge in [0, 0.05) is 0 Å². The number of hydrogen-bond donors (Lipinski definition) is 0. The van der Waals surface area contributed by atoms with Crippen molar-refractivity contribution in [2.24, 2.45) is 0 Å². The van der Waals surface area contributed by atoms with E-state index in [1.165, 1.54) is 17.7 Å². The third kappa shape index (κ3) is 4.07. The molecule has 4 heteroatoms. The van der Waals surface area contributed by atoms with E-state index >= 15 is 0 Å². The number of ether oxygens (including phenoxy) is 2. The fraction of sp³-hybridized carbons (Fsp3) is 0.278. The highest BCUT2D eigenvalue weighted by atomic mass is 19.1. The maximum atomic E-state index is 14.0. The Labute approximate surface area is 129 Å². The molecule has 3 nitrogen and oxygen atoms in total. The average molecular weight is 302 g/mol. The lowest BCUT2D eigenvalue weighted by atomic mass is 10.1. The molecule has 0 spiro atoms. The van der Waals surface area contributed by atoms with E-state index in [2.05, 4.69) is 6.92 Å². The van der Waals surface area contributed by atoms with E-state index in [4.69, 9.17) is 9.47 Å². The lowest BCUT2D eigenvalue weighted by Gasteiger charge is -2.09. The van der Waals surface area contributed by atoms with Crippen LogP contribution >= 0.6 is 0 Å². The van der Waals surface area contributed by atoms with Crippen molar-refractivity contribution >= 4 is 5.97 Å². The summed E-state index contributed by atoms with van der Waals surface area (Å²) in [6.07, 6.45) is 2.08. The molecule has 0 unspecified atom stereocenters. The summed E-state index contributed by atoms with van der Waals surface area (Å²) in [4.78, 5) is 11.5. The van der Waals surface area contributed by atoms with Gasteiger partial charge in [0.05, 0.1) is 12.2 Å². The van der Waals surface area contributed by atoms with Gasteiger partial charge in [-0.1, -0.05) is 25.5 Å². The molecule has 0 aliphatic rings. The summed E-state index contributed by atoms with van der Waals surface area (Å²) in [5.74, 6) is -0.501. The molecular formula is C18H19FO3. The molecule has 0 atom stereocenters. The Balaban J connectivity index is 2.11. The second kappa shape index (κ2) is 7.59. The summed E-state index contributed by atoms with van der Waals surface area (Å²) in [5.41, 5.74) is 1.39. The van der Waals surface area contributed by atoms with Crippen molar-refractivity contribution in [3.63, 3.8) is 0 Å². The van der Waals surface area contributed by atoms with E-state index in [0.29, 0.717) is 5.75 Å². The molecule has 2 aromatic carbocycles. The number of carbonyl (C=O) groups excluding carboxylic acids is 1. The van der Waals surface area contributed by atoms with Crippen LogP contribution in [0.2, 0.25) is 0 Å². The van der Waals surface area contributed by atoms with Crippen molar-refractivity contribution in [2.75, 3.05) is 6.61 Å². The van der Waals surface area contributed by atoms with Gasteiger partial charge in [0.25, 0.3) is 0 Å². The first kappa shape index (κ1) is 16.0. The van der Waals surface area contributed by atoms with Crippen molar-refractivity contribution in [3.05, 3.63) is 59.4 Å². The lowest BCUT2D eigenvalue weighted by molar-refractivity contribution is 0.0526. The molecule has 22 heavy (non-hydrogen) atoms. The molecule has 0 amide bonds. The normalized spacial score (nSPS) is 10.3. The molecule has 2 aromatic rings. The van der Waals surface area contributed by atoms with Crippen LogP contribution in [0.3, 0.4) is 0 Å². The fourth-order valence-corrected chi connectivity index (χ4v) is 2.06. The van der Waals surface area contributed by atoms with Crippen molar-refractivity contribution in [3.8, 4) is 11.5 Å². The number of hydrogen-bond acceptors (Lipinski definition) is 3. The summed E-state index contributed by atoms with van der Waals surface area (Å²) in [6.45, 7) is 4.07. The average Bonchev–Trinajstić information content (AvgIpc) is 2.51. The minimum absolute atomic E-state index is 0.0799. The van der Waals surface area contributed by atoms with E-state index < -0.39 is 11.8 Å². The van der Waals surface area contributed by atoms with Gasteiger partial charge < -0.3 is 9.47 Å². The highest BCUT2D eigenvalue weighted by Gasteiger charge is 2.11. The fourth-order valence-electron chi connectivity index (χ4n) is 2.06. The van der Waals surface area contributed by atoms with Gasteiger partial charge in [-0.05, 0) is 49.2 Å². The van der Waals surface area contributed by atoms with Gasteiger partial charge in [-0.3, -0.25) is 0 Å². The third-order valence-corrected chi connectivity index (χ3v) is 3.13. The minimum atomic E-state index is -0.594. The highest BCUT2D eigenvalue weighted by Crippen LogP contribution is 2.26. The second-order valence-electron chi connectivity index (χ2n) is 4.86. The number of aryl methyl sites for hydroxylation is 1. The predicted molar refractivity (Wildman–Crippen MR) is 82.9 cm³/mol. The molecule has 0 aliphatic carbocycles. The smallest absolute Gasteiger partial charge is 0.338 e. The van der Waals surface area contributed by atoms with Crippen LogP contribution in [0.25, 0.3) is 0 Å². The topological polar surface area (TPSA) is 35.5 Å². The summed E-state index contributed by atoms with van der Waals surface area (Å²) in [7, 11) is 0. The molecule has 0 heterocycles. The Bertz CT molecular complexity index is 635. The molecule has 0 fully saturated rings. The number of rotatable bonds is 6. The molecule has 0 bridgehead atoms. The SMILES string of the molecule is CCCc1ccc(Oc2ccc(C(=O)OCC)cc2F)cc1. The quantitative estimate of drug-likeness (QED) is 0.722. The van der Waals surface area contributed by atoms with Crippen molar-refractivity contribution < 1.29 is 18.7 Å². The highest BCUT2D eigenvalue weighted by molar-refractivity contribution is 5.89. The standard InChI is InChI=1S/C18H19FO3/c1-3-5-13-6-9-15(10-7-13)22-17-11-8-14(12-16(17)19)18(20)21-4-2/h6-12H,3-5H2,1-2H3. The van der Waals surface area contributed by atoms with E-state index in [-0.39, 0.29) is 17.9 Å². The monoisotopic (exact) mass is 302 g/mol. The molecule has 0 radical (unpaired) electrons. The maximum Gasteiger partial charge on any atom is 0.338 e. The zero-order valence-corrected chi connectivity index (χ0v) is 12.8. The van der Waals surface area contributed by atoms with Crippen LogP contribution in [0, 0.1) is 5.82 Å². The summed E-state index contributed by atoms with van der Waals surface area (Å²) in [6, 6.07) is 11.6. The third-order valence-electron chi connectivity index (χ3n) is 3.13. The Morgan fingerprint density at radius 2 is 1.82 bits per heavy atom. The molecule has 116 valence electrons. The first-order valence-electron chi connectivity index (χ1n) is 7.37. The van der Waals surface area contributed by atoms with E-state index in [1.54, 1.807) is 6.92 Å². The lowest BCUT2D eigenvalue weighted by Crippen LogP contribution is -2.05. The van der Waals surface area contributed by atoms with Crippen LogP contribution in [-0.2, 0) is 11.2 Å². The van der Waals surface area contributed by atoms with Gasteiger partial charge >= 0.3 is 5.97 Å². The van der Waals surface area contributed by atoms with Crippen LogP contribution in [-0.4, -0.2) is 12.6 Å². The Kier molecular flexibility index (Phi) is 5.53. The van der Waals surface area contributed by atoms with Gasteiger partial charge in [0.15, 0.2) is 11.6 Å². The number of esters is 1. The first-order valence-corrected chi connectivity index (χ1v) is 7.37. The van der Waals surface area contributed by atoms with Crippen LogP contribution in [0.1, 0.15) is 36.2 Å². The van der Waals surface area contributed by atoms with Gasteiger partial charge in [0.1, 0.15) is 5.75 Å². The number of benzene rings is 2. The molecular weight excluding hydrogens is 283 g/mol. The van der Waals surface area contributed by atoms with Crippen molar-refractivity contribution in [1.82, 2.24) is 0 Å². The molecule has 0 saturated carbocycles. The largest absolute Gasteiger partial charge is 0.462 e. The van der Waals surface area contributed by atoms with Crippen molar-refractivity contribution in [2.45, 2.75) is 26.7 Å². The molecule has 0 saturated heterocycles.